The van der Waals surface area contributed by atoms with Gasteiger partial charge in [-0.15, -0.1) is 0 Å². The number of esters is 1. The van der Waals surface area contributed by atoms with Crippen molar-refractivity contribution in [2.75, 3.05) is 32.8 Å². The molecule has 0 aliphatic carbocycles. The Morgan fingerprint density at radius 2 is 2.00 bits per heavy atom. The van der Waals surface area contributed by atoms with Crippen LogP contribution in [0.4, 0.5) is 0 Å². The van der Waals surface area contributed by atoms with Gasteiger partial charge in [0.05, 0.1) is 6.61 Å². The number of nitrogens with one attached hydrogen (secondary N) is 1. The Kier molecular flexibility index (Phi) is 7.21. The summed E-state index contributed by atoms with van der Waals surface area (Å²) in [4.78, 5) is 14.0. The van der Waals surface area contributed by atoms with E-state index in [0.717, 1.165) is 39.0 Å². The number of hydrogen-bond acceptors (Lipinski definition) is 4. The van der Waals surface area contributed by atoms with Gasteiger partial charge in [-0.2, -0.15) is 0 Å². The summed E-state index contributed by atoms with van der Waals surface area (Å²) in [6.45, 7) is 8.51. The molecule has 1 aliphatic heterocycles. The molecule has 1 rings (SSSR count). The maximum atomic E-state index is 11.8. The number of carbonyl (C=O) groups excluding carboxylic acids is 1. The molecular formula is C13H26N2O2. The van der Waals surface area contributed by atoms with Crippen LogP contribution in [-0.2, 0) is 9.53 Å². The molecule has 0 aromatic rings. The van der Waals surface area contributed by atoms with Crippen molar-refractivity contribution in [1.82, 2.24) is 10.2 Å². The van der Waals surface area contributed by atoms with Crippen LogP contribution in [0.5, 0.6) is 0 Å². The van der Waals surface area contributed by atoms with Gasteiger partial charge in [0.1, 0.15) is 6.04 Å². The molecule has 1 atom stereocenters. The summed E-state index contributed by atoms with van der Waals surface area (Å²) >= 11 is 0. The number of nitrogens with zero attached hydrogens (tertiary/aromatic N) is 1. The zero-order valence-corrected chi connectivity index (χ0v) is 11.2. The molecule has 1 N–H and O–H groups in total. The maximum absolute atomic E-state index is 11.8. The molecule has 0 aromatic heterocycles. The van der Waals surface area contributed by atoms with E-state index in [1.807, 2.05) is 6.92 Å². The molecule has 1 fully saturated rings. The topological polar surface area (TPSA) is 41.6 Å². The molecule has 0 radical (unpaired) electrons. The minimum Gasteiger partial charge on any atom is -0.465 e. The average molecular weight is 242 g/mol. The number of rotatable bonds is 7. The Morgan fingerprint density at radius 3 is 2.65 bits per heavy atom. The first kappa shape index (κ1) is 14.5. The SMILES string of the molecule is CCCCCCOC(=O)C(C)N1CCNCC1. The van der Waals surface area contributed by atoms with Crippen molar-refractivity contribution in [1.29, 1.82) is 0 Å². The average Bonchev–Trinajstić information content (AvgIpc) is 2.38. The zero-order chi connectivity index (χ0) is 12.5. The summed E-state index contributed by atoms with van der Waals surface area (Å²) in [5.74, 6) is -0.0663. The van der Waals surface area contributed by atoms with E-state index in [0.29, 0.717) is 6.61 Å². The van der Waals surface area contributed by atoms with E-state index >= 15 is 0 Å². The summed E-state index contributed by atoms with van der Waals surface area (Å²) in [6.07, 6.45) is 4.59. The highest BCUT2D eigenvalue weighted by molar-refractivity contribution is 5.75. The highest BCUT2D eigenvalue weighted by atomic mass is 16.5. The Bertz CT molecular complexity index is 215. The number of unbranched alkanes of at least 4 members (excludes halogenated alkanes) is 3. The molecule has 0 saturated carbocycles. The van der Waals surface area contributed by atoms with Crippen molar-refractivity contribution >= 4 is 5.97 Å². The van der Waals surface area contributed by atoms with E-state index in [1.165, 1.54) is 12.8 Å². The Hall–Kier alpha value is -0.610. The van der Waals surface area contributed by atoms with E-state index in [9.17, 15) is 4.79 Å². The van der Waals surface area contributed by atoms with Crippen molar-refractivity contribution in [2.24, 2.45) is 0 Å². The van der Waals surface area contributed by atoms with Gasteiger partial charge in [-0.3, -0.25) is 9.69 Å². The highest BCUT2D eigenvalue weighted by Crippen LogP contribution is 2.05. The fraction of sp³-hybridized carbons (Fsp3) is 0.923. The molecule has 1 saturated heterocycles. The van der Waals surface area contributed by atoms with Crippen LogP contribution >= 0.6 is 0 Å². The molecule has 0 aromatic carbocycles. The molecule has 1 aliphatic rings. The lowest BCUT2D eigenvalue weighted by Crippen LogP contribution is -2.50. The quantitative estimate of drug-likeness (QED) is 0.541. The number of carbonyl (C=O) groups is 1. The van der Waals surface area contributed by atoms with Crippen molar-refractivity contribution in [3.05, 3.63) is 0 Å². The Labute approximate surface area is 105 Å². The molecule has 0 amide bonds. The molecule has 4 nitrogen and oxygen atoms in total. The second-order valence-electron chi connectivity index (χ2n) is 4.69. The second-order valence-corrected chi connectivity index (χ2v) is 4.69. The molecule has 4 heteroatoms. The standard InChI is InChI=1S/C13H26N2O2/c1-3-4-5-6-11-17-13(16)12(2)15-9-7-14-8-10-15/h12,14H,3-11H2,1-2H3. The van der Waals surface area contributed by atoms with Gasteiger partial charge >= 0.3 is 5.97 Å². The van der Waals surface area contributed by atoms with E-state index < -0.39 is 0 Å². The van der Waals surface area contributed by atoms with Gasteiger partial charge in [-0.25, -0.2) is 0 Å². The summed E-state index contributed by atoms with van der Waals surface area (Å²) in [5.41, 5.74) is 0. The van der Waals surface area contributed by atoms with E-state index in [1.54, 1.807) is 0 Å². The Morgan fingerprint density at radius 1 is 1.29 bits per heavy atom. The predicted molar refractivity (Wildman–Crippen MR) is 69.0 cm³/mol. The third-order valence-corrected chi connectivity index (χ3v) is 3.28. The molecule has 0 bridgehead atoms. The second kappa shape index (κ2) is 8.48. The third-order valence-electron chi connectivity index (χ3n) is 3.28. The van der Waals surface area contributed by atoms with E-state index in [-0.39, 0.29) is 12.0 Å². The van der Waals surface area contributed by atoms with E-state index in [4.69, 9.17) is 4.74 Å². The van der Waals surface area contributed by atoms with E-state index in [2.05, 4.69) is 17.1 Å². The number of piperazine rings is 1. The van der Waals surface area contributed by atoms with Gasteiger partial charge in [0, 0.05) is 26.2 Å². The predicted octanol–water partition coefficient (Wildman–Crippen LogP) is 1.40. The van der Waals surface area contributed by atoms with Crippen LogP contribution in [0.3, 0.4) is 0 Å². The van der Waals surface area contributed by atoms with Crippen LogP contribution in [0.25, 0.3) is 0 Å². The maximum Gasteiger partial charge on any atom is 0.323 e. The summed E-state index contributed by atoms with van der Waals surface area (Å²) in [5, 5.41) is 3.28. The van der Waals surface area contributed by atoms with Crippen LogP contribution in [-0.4, -0.2) is 49.7 Å². The lowest BCUT2D eigenvalue weighted by Gasteiger charge is -2.31. The first-order valence-corrected chi connectivity index (χ1v) is 6.87. The van der Waals surface area contributed by atoms with Gasteiger partial charge in [-0.05, 0) is 13.3 Å². The van der Waals surface area contributed by atoms with Crippen LogP contribution in [0.15, 0.2) is 0 Å². The molecule has 0 spiro atoms. The normalized spacial score (nSPS) is 18.9. The minimum atomic E-state index is -0.0942. The van der Waals surface area contributed by atoms with Gasteiger partial charge in [-0.1, -0.05) is 26.2 Å². The van der Waals surface area contributed by atoms with Crippen LogP contribution in [0.1, 0.15) is 39.5 Å². The van der Waals surface area contributed by atoms with Crippen molar-refractivity contribution in [3.63, 3.8) is 0 Å². The fourth-order valence-corrected chi connectivity index (χ4v) is 2.04. The van der Waals surface area contributed by atoms with Crippen LogP contribution in [0.2, 0.25) is 0 Å². The summed E-state index contributed by atoms with van der Waals surface area (Å²) < 4.78 is 5.30. The first-order valence-electron chi connectivity index (χ1n) is 6.87. The number of ether oxygens (including phenoxy) is 1. The summed E-state index contributed by atoms with van der Waals surface area (Å²) in [6, 6.07) is -0.0942. The van der Waals surface area contributed by atoms with Crippen molar-refractivity contribution in [2.45, 2.75) is 45.6 Å². The third kappa shape index (κ3) is 5.50. The monoisotopic (exact) mass is 242 g/mol. The fourth-order valence-electron chi connectivity index (χ4n) is 2.04. The van der Waals surface area contributed by atoms with Crippen molar-refractivity contribution in [3.8, 4) is 0 Å². The summed E-state index contributed by atoms with van der Waals surface area (Å²) in [7, 11) is 0. The van der Waals surface area contributed by atoms with Gasteiger partial charge in [0.25, 0.3) is 0 Å². The molecule has 100 valence electrons. The first-order chi connectivity index (χ1) is 8.25. The number of hydrogen-bond donors (Lipinski definition) is 1. The molecule has 17 heavy (non-hydrogen) atoms. The van der Waals surface area contributed by atoms with Crippen molar-refractivity contribution < 1.29 is 9.53 Å². The van der Waals surface area contributed by atoms with Crippen LogP contribution in [0, 0.1) is 0 Å². The van der Waals surface area contributed by atoms with Crippen LogP contribution < -0.4 is 5.32 Å². The van der Waals surface area contributed by atoms with Gasteiger partial charge in [0.2, 0.25) is 0 Å². The molecule has 1 unspecified atom stereocenters. The molecular weight excluding hydrogens is 216 g/mol. The van der Waals surface area contributed by atoms with Gasteiger partial charge < -0.3 is 10.1 Å². The molecule has 1 heterocycles. The largest absolute Gasteiger partial charge is 0.465 e. The smallest absolute Gasteiger partial charge is 0.323 e. The van der Waals surface area contributed by atoms with Gasteiger partial charge in [0.15, 0.2) is 0 Å². The zero-order valence-electron chi connectivity index (χ0n) is 11.2. The minimum absolute atomic E-state index is 0.0663. The lowest BCUT2D eigenvalue weighted by atomic mass is 10.2. The highest BCUT2D eigenvalue weighted by Gasteiger charge is 2.23. The lowest BCUT2D eigenvalue weighted by molar-refractivity contribution is -0.149. The Balaban J connectivity index is 2.13.